The van der Waals surface area contributed by atoms with Gasteiger partial charge in [-0.15, -0.1) is 0 Å². The predicted molar refractivity (Wildman–Crippen MR) is 203 cm³/mol. The summed E-state index contributed by atoms with van der Waals surface area (Å²) in [5, 5.41) is 66.6. The van der Waals surface area contributed by atoms with Gasteiger partial charge in [0.25, 0.3) is 0 Å². The number of phenols is 2. The SMILES string of the molecule is COc1ccc2c(c[n+](C)c3c4cc5c(cc4ccc23)OCO5)c1OC.O=C([O-])[C@H]1O[C@@H](Oc2cc3oc(-c4ccccc4)cc(=O)c3c(O)c2O)[C@H](O)[C@@H](O)[C@@H]1O. The highest BCUT2D eigenvalue weighted by atomic mass is 16.7. The number of aryl methyl sites for hydroxylation is 1. The van der Waals surface area contributed by atoms with Crippen LogP contribution in [-0.4, -0.2) is 83.2 Å². The number of nitrogens with zero attached hydrogens (tertiary/aromatic N) is 1. The van der Waals surface area contributed by atoms with Gasteiger partial charge in [0.15, 0.2) is 46.1 Å². The fraction of sp³-hybridized carbons (Fsp3) is 0.214. The summed E-state index contributed by atoms with van der Waals surface area (Å²) in [6.07, 6.45) is -7.75. The van der Waals surface area contributed by atoms with Gasteiger partial charge in [-0.1, -0.05) is 36.4 Å². The zero-order valence-electron chi connectivity index (χ0n) is 30.9. The van der Waals surface area contributed by atoms with Crippen LogP contribution in [0.4, 0.5) is 0 Å². The molecular formula is C42H35NO15. The van der Waals surface area contributed by atoms with E-state index in [0.717, 1.165) is 67.6 Å². The summed E-state index contributed by atoms with van der Waals surface area (Å²) in [7, 11) is 5.37. The normalized spacial score (nSPS) is 19.9. The maximum absolute atomic E-state index is 12.5. The summed E-state index contributed by atoms with van der Waals surface area (Å²) in [4.78, 5) is 23.7. The molecule has 0 bridgehead atoms. The topological polar surface area (TPSA) is 231 Å². The number of aliphatic hydroxyl groups is 3. The van der Waals surface area contributed by atoms with Gasteiger partial charge in [0.05, 0.1) is 36.3 Å². The van der Waals surface area contributed by atoms with Gasteiger partial charge >= 0.3 is 0 Å². The summed E-state index contributed by atoms with van der Waals surface area (Å²) < 4.78 is 40.2. The van der Waals surface area contributed by atoms with Crippen LogP contribution in [0.5, 0.6) is 40.2 Å². The number of benzene rings is 5. The Morgan fingerprint density at radius 1 is 0.793 bits per heavy atom. The number of aromatic hydroxyl groups is 2. The minimum absolute atomic E-state index is 0.156. The van der Waals surface area contributed by atoms with Crippen LogP contribution in [0.25, 0.3) is 54.7 Å². The number of methoxy groups -OCH3 is 2. The van der Waals surface area contributed by atoms with Gasteiger partial charge in [0, 0.05) is 23.1 Å². The van der Waals surface area contributed by atoms with E-state index in [9.17, 15) is 40.2 Å². The molecule has 9 rings (SSSR count). The van der Waals surface area contributed by atoms with E-state index in [-0.39, 0.29) is 23.5 Å². The average molecular weight is 794 g/mol. The van der Waals surface area contributed by atoms with Gasteiger partial charge in [0.2, 0.25) is 24.3 Å². The quantitative estimate of drug-likeness (QED) is 0.0926. The standard InChI is InChI=1S/C21H18NO4.C21H18O11/c1-22-10-16-13(6-7-17(23-2)21(16)24-3)14-5-4-12-8-18-19(26-11-25-18)9-15(12)20(14)22;22-9-6-10(8-4-2-1-3-5-8)30-11-7-12(14(23)15(24)13(9)11)31-21-18(27)16(25)17(26)19(32-21)20(28)29/h4-10H,11H2,1-3H3;1-7,16-19,21,23-27H,(H,28,29)/q+1;/p-1/t;16-,17-,18+,19-,21+/m.0/s1. The Balaban J connectivity index is 0.000000165. The lowest BCUT2D eigenvalue weighted by Gasteiger charge is -2.40. The molecule has 2 aliphatic rings. The van der Waals surface area contributed by atoms with Crippen LogP contribution in [0.1, 0.15) is 0 Å². The zero-order valence-corrected chi connectivity index (χ0v) is 30.9. The molecule has 1 saturated heterocycles. The van der Waals surface area contributed by atoms with Crippen molar-refractivity contribution in [3.05, 3.63) is 95.3 Å². The van der Waals surface area contributed by atoms with E-state index in [1.165, 1.54) is 0 Å². The molecule has 7 aromatic rings. The third-order valence-corrected chi connectivity index (χ3v) is 10.1. The number of hydrogen-bond acceptors (Lipinski definition) is 15. The minimum Gasteiger partial charge on any atom is -0.547 e. The van der Waals surface area contributed by atoms with Crippen molar-refractivity contribution < 1.29 is 72.8 Å². The number of aliphatic hydroxyl groups excluding tert-OH is 3. The zero-order chi connectivity index (χ0) is 41.0. The van der Waals surface area contributed by atoms with Crippen LogP contribution in [0.15, 0.2) is 94.3 Å². The first-order valence-electron chi connectivity index (χ1n) is 17.7. The Kier molecular flexibility index (Phi) is 9.78. The first-order valence-corrected chi connectivity index (χ1v) is 17.7. The molecule has 0 unspecified atom stereocenters. The van der Waals surface area contributed by atoms with Gasteiger partial charge in [0.1, 0.15) is 48.2 Å². The van der Waals surface area contributed by atoms with E-state index in [4.69, 9.17) is 32.8 Å². The number of carbonyl (C=O) groups excluding carboxylic acids is 1. The van der Waals surface area contributed by atoms with Crippen molar-refractivity contribution in [2.24, 2.45) is 7.05 Å². The number of rotatable bonds is 6. The summed E-state index contributed by atoms with van der Waals surface area (Å²) in [6.45, 7) is 0.273. The van der Waals surface area contributed by atoms with Crippen LogP contribution in [0.2, 0.25) is 0 Å². The van der Waals surface area contributed by atoms with E-state index < -0.39 is 59.4 Å². The van der Waals surface area contributed by atoms with Gasteiger partial charge < -0.3 is 68.3 Å². The number of hydrogen-bond donors (Lipinski definition) is 5. The molecule has 5 N–H and O–H groups in total. The molecule has 0 saturated carbocycles. The molecular weight excluding hydrogens is 758 g/mol. The van der Waals surface area contributed by atoms with Gasteiger partial charge in [-0.05, 0) is 35.7 Å². The van der Waals surface area contributed by atoms with Crippen molar-refractivity contribution in [2.45, 2.75) is 30.7 Å². The molecule has 1 fully saturated rings. The Hall–Kier alpha value is -6.85. The van der Waals surface area contributed by atoms with Crippen molar-refractivity contribution in [2.75, 3.05) is 21.0 Å². The van der Waals surface area contributed by atoms with Crippen LogP contribution in [-0.2, 0) is 16.6 Å². The largest absolute Gasteiger partial charge is 0.547 e. The van der Waals surface area contributed by atoms with Crippen molar-refractivity contribution in [1.82, 2.24) is 0 Å². The predicted octanol–water partition coefficient (Wildman–Crippen LogP) is 2.52. The summed E-state index contributed by atoms with van der Waals surface area (Å²) >= 11 is 0. The van der Waals surface area contributed by atoms with Crippen LogP contribution < -0.4 is 38.8 Å². The number of pyridine rings is 1. The third kappa shape index (κ3) is 6.43. The fourth-order valence-corrected chi connectivity index (χ4v) is 7.24. The summed E-state index contributed by atoms with van der Waals surface area (Å²) in [5.74, 6) is -1.01. The second kappa shape index (κ2) is 14.9. The number of carbonyl (C=O) groups is 1. The highest BCUT2D eigenvalue weighted by molar-refractivity contribution is 6.15. The summed E-state index contributed by atoms with van der Waals surface area (Å²) in [6, 6.07) is 23.1. The molecule has 0 radical (unpaired) electrons. The van der Waals surface area contributed by atoms with Gasteiger partial charge in [-0.25, -0.2) is 0 Å². The number of carboxylic acids is 1. The lowest BCUT2D eigenvalue weighted by molar-refractivity contribution is -0.642. The second-order valence-corrected chi connectivity index (χ2v) is 13.5. The van der Waals surface area contributed by atoms with Crippen LogP contribution in [0, 0.1) is 0 Å². The molecule has 0 aliphatic carbocycles. The van der Waals surface area contributed by atoms with Crippen LogP contribution >= 0.6 is 0 Å². The molecule has 16 heteroatoms. The number of carboxylic acid groups (broad SMARTS) is 1. The average Bonchev–Trinajstić information content (AvgIpc) is 3.69. The fourth-order valence-electron chi connectivity index (χ4n) is 7.24. The van der Waals surface area contributed by atoms with Crippen molar-refractivity contribution in [3.8, 4) is 51.6 Å². The van der Waals surface area contributed by atoms with E-state index in [1.807, 2.05) is 19.2 Å². The Morgan fingerprint density at radius 3 is 2.22 bits per heavy atom. The summed E-state index contributed by atoms with van der Waals surface area (Å²) in [5.41, 5.74) is 0.847. The molecule has 0 spiro atoms. The number of aliphatic carboxylic acids is 1. The van der Waals surface area contributed by atoms with Crippen molar-refractivity contribution in [3.63, 3.8) is 0 Å². The molecule has 0 amide bonds. The number of aromatic nitrogens is 1. The van der Waals surface area contributed by atoms with Gasteiger partial charge in [-0.3, -0.25) is 4.79 Å². The minimum atomic E-state index is -2.04. The lowest BCUT2D eigenvalue weighted by Crippen LogP contribution is -2.63. The molecule has 2 aliphatic heterocycles. The highest BCUT2D eigenvalue weighted by Gasteiger charge is 2.46. The van der Waals surface area contributed by atoms with E-state index >= 15 is 0 Å². The molecule has 58 heavy (non-hydrogen) atoms. The first kappa shape index (κ1) is 38.0. The Bertz CT molecular complexity index is 2810. The first-order chi connectivity index (χ1) is 27.9. The maximum atomic E-state index is 12.5. The number of fused-ring (bicyclic) bond motifs is 7. The molecule has 5 aromatic carbocycles. The van der Waals surface area contributed by atoms with E-state index in [1.54, 1.807) is 44.6 Å². The Labute approximate surface area is 327 Å². The van der Waals surface area contributed by atoms with Crippen LogP contribution in [0.3, 0.4) is 0 Å². The third-order valence-electron chi connectivity index (χ3n) is 10.1. The second-order valence-electron chi connectivity index (χ2n) is 13.5. The van der Waals surface area contributed by atoms with Crippen molar-refractivity contribution in [1.29, 1.82) is 0 Å². The number of phenolic OH excluding ortho intramolecular Hbond substituents is 2. The molecule has 298 valence electrons. The molecule has 2 aromatic heterocycles. The van der Waals surface area contributed by atoms with Gasteiger partial charge in [-0.2, -0.15) is 4.57 Å². The van der Waals surface area contributed by atoms with E-state index in [0.29, 0.717) is 5.56 Å². The monoisotopic (exact) mass is 793 g/mol. The van der Waals surface area contributed by atoms with Crippen molar-refractivity contribution >= 4 is 49.4 Å². The Morgan fingerprint density at radius 2 is 1.52 bits per heavy atom. The highest BCUT2D eigenvalue weighted by Crippen LogP contribution is 2.44. The molecule has 5 atom stereocenters. The molecule has 4 heterocycles. The smallest absolute Gasteiger partial charge is 0.231 e. The maximum Gasteiger partial charge on any atom is 0.231 e. The molecule has 16 nitrogen and oxygen atoms in total. The van der Waals surface area contributed by atoms with E-state index in [2.05, 4.69) is 35.0 Å². The number of ether oxygens (including phenoxy) is 6. The lowest BCUT2D eigenvalue weighted by atomic mass is 9.99.